The third kappa shape index (κ3) is 4.76. The highest BCUT2D eigenvalue weighted by molar-refractivity contribution is 6.30. The minimum Gasteiger partial charge on any atom is -0.453 e. The first-order valence-corrected chi connectivity index (χ1v) is 12.1. The number of morpholine rings is 1. The van der Waals surface area contributed by atoms with Crippen LogP contribution in [0, 0.1) is 5.82 Å². The van der Waals surface area contributed by atoms with E-state index in [-0.39, 0.29) is 29.7 Å². The Morgan fingerprint density at radius 3 is 2.78 bits per heavy atom. The quantitative estimate of drug-likeness (QED) is 0.572. The predicted octanol–water partition coefficient (Wildman–Crippen LogP) is 3.01. The fourth-order valence-electron chi connectivity index (χ4n) is 4.78. The molecule has 5 rings (SSSR count). The molecule has 2 aliphatic rings. The van der Waals surface area contributed by atoms with E-state index in [0.29, 0.717) is 61.1 Å². The van der Waals surface area contributed by atoms with E-state index in [1.54, 1.807) is 35.4 Å². The van der Waals surface area contributed by atoms with Crippen LogP contribution in [0.5, 0.6) is 0 Å². The molecule has 2 saturated heterocycles. The highest BCUT2D eigenvalue weighted by Gasteiger charge is 2.29. The van der Waals surface area contributed by atoms with Crippen LogP contribution in [0.25, 0.3) is 16.9 Å². The Hall–Kier alpha value is -3.21. The van der Waals surface area contributed by atoms with Crippen LogP contribution >= 0.6 is 11.6 Å². The van der Waals surface area contributed by atoms with Gasteiger partial charge in [0, 0.05) is 54.5 Å². The number of carbonyl (C=O) groups is 2. The summed E-state index contributed by atoms with van der Waals surface area (Å²) in [4.78, 5) is 32.5. The molecule has 3 aromatic rings. The maximum absolute atomic E-state index is 15.4. The Morgan fingerprint density at radius 2 is 2.06 bits per heavy atom. The minimum absolute atomic E-state index is 0.211. The van der Waals surface area contributed by atoms with Crippen molar-refractivity contribution in [1.82, 2.24) is 19.2 Å². The van der Waals surface area contributed by atoms with Crippen molar-refractivity contribution in [2.75, 3.05) is 39.9 Å². The number of nitrogens with zero attached hydrogens (tertiary/aromatic N) is 4. The summed E-state index contributed by atoms with van der Waals surface area (Å²) in [5.74, 6) is -0.908. The van der Waals surface area contributed by atoms with Gasteiger partial charge in [-0.15, -0.1) is 0 Å². The minimum atomic E-state index is -0.586. The van der Waals surface area contributed by atoms with Gasteiger partial charge >= 0.3 is 6.09 Å². The van der Waals surface area contributed by atoms with Crippen LogP contribution in [0.2, 0.25) is 5.02 Å². The zero-order valence-electron chi connectivity index (χ0n) is 19.7. The smallest absolute Gasteiger partial charge is 0.409 e. The van der Waals surface area contributed by atoms with Gasteiger partial charge in [-0.1, -0.05) is 11.6 Å². The molecule has 2 fully saturated rings. The van der Waals surface area contributed by atoms with Crippen LogP contribution in [0.4, 0.5) is 9.18 Å². The van der Waals surface area contributed by atoms with Gasteiger partial charge in [0.05, 0.1) is 43.9 Å². The Morgan fingerprint density at radius 1 is 1.22 bits per heavy atom. The average molecular weight is 517 g/mol. The van der Waals surface area contributed by atoms with Crippen molar-refractivity contribution in [3.8, 4) is 11.3 Å². The van der Waals surface area contributed by atoms with Crippen LogP contribution in [-0.2, 0) is 15.9 Å². The van der Waals surface area contributed by atoms with Crippen LogP contribution in [0.3, 0.4) is 0 Å². The number of hydrogen-bond acceptors (Lipinski definition) is 6. The lowest BCUT2D eigenvalue weighted by Gasteiger charge is -2.32. The Bertz CT molecular complexity index is 1320. The topological polar surface area (TPSA) is 96.6 Å². The van der Waals surface area contributed by atoms with Gasteiger partial charge in [0.15, 0.2) is 0 Å². The van der Waals surface area contributed by atoms with Gasteiger partial charge in [-0.05, 0) is 30.7 Å². The number of imidazole rings is 1. The van der Waals surface area contributed by atoms with Gasteiger partial charge in [0.1, 0.15) is 11.5 Å². The van der Waals surface area contributed by atoms with Gasteiger partial charge in [-0.25, -0.2) is 14.2 Å². The van der Waals surface area contributed by atoms with Crippen LogP contribution < -0.4 is 0 Å². The number of methoxy groups -OCH3 is 1. The number of hydrogen-bond donors (Lipinski definition) is 1. The predicted molar refractivity (Wildman–Crippen MR) is 130 cm³/mol. The molecular weight excluding hydrogens is 491 g/mol. The Balaban J connectivity index is 1.48. The largest absolute Gasteiger partial charge is 0.453 e. The van der Waals surface area contributed by atoms with E-state index < -0.39 is 18.0 Å². The second-order valence-corrected chi connectivity index (χ2v) is 9.42. The third-order valence-corrected chi connectivity index (χ3v) is 6.84. The summed E-state index contributed by atoms with van der Waals surface area (Å²) >= 11 is 6.18. The van der Waals surface area contributed by atoms with E-state index in [9.17, 15) is 14.7 Å². The molecule has 0 aliphatic carbocycles. The van der Waals surface area contributed by atoms with Crippen molar-refractivity contribution in [3.05, 3.63) is 58.6 Å². The van der Waals surface area contributed by atoms with Gasteiger partial charge < -0.3 is 28.8 Å². The number of pyridine rings is 1. The lowest BCUT2D eigenvalue weighted by Crippen LogP contribution is -2.46. The van der Waals surface area contributed by atoms with Crippen molar-refractivity contribution in [2.45, 2.75) is 25.0 Å². The van der Waals surface area contributed by atoms with Crippen molar-refractivity contribution >= 4 is 29.2 Å². The summed E-state index contributed by atoms with van der Waals surface area (Å²) in [5, 5.41) is 10.2. The fourth-order valence-corrected chi connectivity index (χ4v) is 4.94. The number of aliphatic hydroxyl groups excluding tert-OH is 1. The molecule has 1 N–H and O–H groups in total. The summed E-state index contributed by atoms with van der Waals surface area (Å²) < 4.78 is 28.0. The molecule has 0 unspecified atom stereocenters. The molecule has 0 bridgehead atoms. The number of halogens is 2. The van der Waals surface area contributed by atoms with E-state index in [4.69, 9.17) is 21.1 Å². The van der Waals surface area contributed by atoms with Gasteiger partial charge in [-0.3, -0.25) is 4.79 Å². The van der Waals surface area contributed by atoms with E-state index in [0.717, 1.165) is 0 Å². The molecule has 9 nitrogen and oxygen atoms in total. The standard InChI is InChI=1S/C25H26ClFN4O5/c1-35-25(34)30-8-9-36-18(14-30)12-21-23(28-22-11-16(26)4-7-31(21)22)19-3-2-15(10-20(19)27)24(33)29-6-5-17(32)13-29/h2-4,7,10-11,17-18,32H,5-6,8-9,12-14H2,1H3/t17-,18+/m1/s1. The highest BCUT2D eigenvalue weighted by Crippen LogP contribution is 2.31. The van der Waals surface area contributed by atoms with Gasteiger partial charge in [0.2, 0.25) is 0 Å². The number of ether oxygens (including phenoxy) is 2. The lowest BCUT2D eigenvalue weighted by molar-refractivity contribution is -0.0241. The molecule has 36 heavy (non-hydrogen) atoms. The number of rotatable bonds is 4. The van der Waals surface area contributed by atoms with E-state index in [2.05, 4.69) is 4.98 Å². The molecule has 2 atom stereocenters. The first-order chi connectivity index (χ1) is 17.3. The van der Waals surface area contributed by atoms with Crippen molar-refractivity contribution in [2.24, 2.45) is 0 Å². The monoisotopic (exact) mass is 516 g/mol. The summed E-state index contributed by atoms with van der Waals surface area (Å²) in [7, 11) is 1.34. The van der Waals surface area contributed by atoms with Crippen LogP contribution in [0.15, 0.2) is 36.5 Å². The van der Waals surface area contributed by atoms with Crippen LogP contribution in [0.1, 0.15) is 22.5 Å². The third-order valence-electron chi connectivity index (χ3n) is 6.60. The number of fused-ring (bicyclic) bond motifs is 1. The molecule has 0 saturated carbocycles. The summed E-state index contributed by atoms with van der Waals surface area (Å²) in [6, 6.07) is 7.73. The summed E-state index contributed by atoms with van der Waals surface area (Å²) in [6.45, 7) is 1.78. The highest BCUT2D eigenvalue weighted by atomic mass is 35.5. The Labute approximate surface area is 212 Å². The van der Waals surface area contributed by atoms with E-state index >= 15 is 4.39 Å². The number of aromatic nitrogens is 2. The molecule has 2 amide bonds. The second kappa shape index (κ2) is 10.0. The van der Waals surface area contributed by atoms with Crippen LogP contribution in [-0.4, -0.2) is 88.4 Å². The summed E-state index contributed by atoms with van der Waals surface area (Å²) in [5.41, 5.74) is 2.09. The van der Waals surface area contributed by atoms with Gasteiger partial charge in [-0.2, -0.15) is 0 Å². The zero-order chi connectivity index (χ0) is 25.4. The van der Waals surface area contributed by atoms with Crippen molar-refractivity contribution in [3.63, 3.8) is 0 Å². The molecule has 190 valence electrons. The molecule has 2 aliphatic heterocycles. The number of benzene rings is 1. The van der Waals surface area contributed by atoms with Crippen molar-refractivity contribution in [1.29, 1.82) is 0 Å². The second-order valence-electron chi connectivity index (χ2n) is 8.98. The van der Waals surface area contributed by atoms with E-state index in [1.165, 1.54) is 18.1 Å². The number of aliphatic hydroxyl groups is 1. The Kier molecular flexibility index (Phi) is 6.83. The molecule has 4 heterocycles. The zero-order valence-corrected chi connectivity index (χ0v) is 20.4. The molecule has 11 heteroatoms. The first kappa shape index (κ1) is 24.5. The molecule has 2 aromatic heterocycles. The first-order valence-electron chi connectivity index (χ1n) is 11.7. The fraction of sp³-hybridized carbons (Fsp3) is 0.400. The molecule has 0 spiro atoms. The number of amides is 2. The molecule has 0 radical (unpaired) electrons. The molecule has 1 aromatic carbocycles. The van der Waals surface area contributed by atoms with Crippen molar-refractivity contribution < 1.29 is 28.6 Å². The number of β-amino-alcohol motifs (C(OH)–C–C–N with tert-alkyl or cyclic N) is 1. The number of carbonyl (C=O) groups excluding carboxylic acids is 2. The average Bonchev–Trinajstić information content (AvgIpc) is 3.46. The SMILES string of the molecule is COC(=O)N1CCO[C@@H](Cc2c(-c3ccc(C(=O)N4CC[C@@H](O)C4)cc3F)nc3cc(Cl)ccn23)C1. The normalized spacial score (nSPS) is 20.2. The lowest BCUT2D eigenvalue weighted by atomic mass is 10.0. The maximum Gasteiger partial charge on any atom is 0.409 e. The number of likely N-dealkylation sites (tertiary alicyclic amines) is 1. The summed E-state index contributed by atoms with van der Waals surface area (Å²) in [6.07, 6.45) is 1.30. The maximum atomic E-state index is 15.4. The van der Waals surface area contributed by atoms with Gasteiger partial charge in [0.25, 0.3) is 5.91 Å². The van der Waals surface area contributed by atoms with E-state index in [1.807, 2.05) is 4.40 Å². The molecular formula is C25H26ClFN4O5.